The van der Waals surface area contributed by atoms with Crippen molar-refractivity contribution in [2.75, 3.05) is 7.05 Å². The Balaban J connectivity index is 0.00000192. The number of sulfone groups is 1. The second-order valence-electron chi connectivity index (χ2n) is 5.55. The standard InChI is InChI=1S/C15H15NO5S.Li/c1-16-11-8-13(14(16)10(15(18)19)7-12(11)17)22(20,21)9-5-3-2-4-6-9;/h2-7,11,13-14H,8H2,1H3,(H,18,19);/q;+1/p-1. The number of hydrogen-bond acceptors (Lipinski definition) is 6. The molecule has 8 heteroatoms. The molecule has 2 aliphatic heterocycles. The van der Waals surface area contributed by atoms with Gasteiger partial charge < -0.3 is 9.90 Å². The first kappa shape index (κ1) is 18.0. The smallest absolute Gasteiger partial charge is 0.545 e. The number of benzene rings is 1. The molecule has 2 bridgehead atoms. The first-order chi connectivity index (χ1) is 10.3. The van der Waals surface area contributed by atoms with Crippen molar-refractivity contribution in [2.24, 2.45) is 0 Å². The van der Waals surface area contributed by atoms with Gasteiger partial charge in [0.25, 0.3) is 0 Å². The topological polar surface area (TPSA) is 94.6 Å². The molecule has 3 rings (SSSR count). The zero-order valence-corrected chi connectivity index (χ0v) is 13.6. The first-order valence-electron chi connectivity index (χ1n) is 6.81. The maximum atomic E-state index is 12.8. The van der Waals surface area contributed by atoms with E-state index in [-0.39, 0.29) is 41.5 Å². The summed E-state index contributed by atoms with van der Waals surface area (Å²) in [5, 5.41) is 10.3. The Morgan fingerprint density at radius 2 is 1.87 bits per heavy atom. The summed E-state index contributed by atoms with van der Waals surface area (Å²) in [4.78, 5) is 24.9. The second-order valence-corrected chi connectivity index (χ2v) is 7.71. The van der Waals surface area contributed by atoms with Gasteiger partial charge in [-0.2, -0.15) is 0 Å². The minimum Gasteiger partial charge on any atom is -0.545 e. The molecule has 3 unspecified atom stereocenters. The summed E-state index contributed by atoms with van der Waals surface area (Å²) in [6.07, 6.45) is 1.11. The third kappa shape index (κ3) is 2.79. The van der Waals surface area contributed by atoms with Crippen LogP contribution in [0.25, 0.3) is 0 Å². The number of likely N-dealkylation sites (N-methyl/N-ethyl adjacent to an activating group) is 1. The SMILES string of the molecule is CN1C2CC(S(=O)(=O)c3ccccc3)C1C(C(=O)[O-])=CC2=O.[Li+]. The first-order valence-corrected chi connectivity index (χ1v) is 8.36. The van der Waals surface area contributed by atoms with Crippen molar-refractivity contribution in [1.29, 1.82) is 0 Å². The molecule has 1 saturated heterocycles. The van der Waals surface area contributed by atoms with Gasteiger partial charge in [0.15, 0.2) is 15.6 Å². The van der Waals surface area contributed by atoms with Gasteiger partial charge >= 0.3 is 18.9 Å². The molecule has 23 heavy (non-hydrogen) atoms. The third-order valence-corrected chi connectivity index (χ3v) is 6.57. The van der Waals surface area contributed by atoms with Crippen LogP contribution in [0.4, 0.5) is 0 Å². The van der Waals surface area contributed by atoms with E-state index in [4.69, 9.17) is 0 Å². The van der Waals surface area contributed by atoms with Crippen LogP contribution in [0.15, 0.2) is 46.9 Å². The van der Waals surface area contributed by atoms with Crippen molar-refractivity contribution < 1.29 is 42.0 Å². The number of hydrogen-bond donors (Lipinski definition) is 0. The molecular weight excluding hydrogens is 313 g/mol. The molecule has 0 aliphatic carbocycles. The Morgan fingerprint density at radius 3 is 2.43 bits per heavy atom. The molecule has 1 aromatic carbocycles. The molecule has 3 atom stereocenters. The van der Waals surface area contributed by atoms with Crippen LogP contribution < -0.4 is 24.0 Å². The molecule has 6 nitrogen and oxygen atoms in total. The van der Waals surface area contributed by atoms with Gasteiger partial charge in [0.2, 0.25) is 0 Å². The third-order valence-electron chi connectivity index (χ3n) is 4.39. The molecule has 0 amide bonds. The monoisotopic (exact) mass is 327 g/mol. The molecule has 0 saturated carbocycles. The largest absolute Gasteiger partial charge is 1.00 e. The van der Waals surface area contributed by atoms with Gasteiger partial charge in [-0.3, -0.25) is 9.69 Å². The number of rotatable bonds is 3. The summed E-state index contributed by atoms with van der Waals surface area (Å²) in [5.41, 5.74) is -0.259. The van der Waals surface area contributed by atoms with Crippen LogP contribution in [0, 0.1) is 0 Å². The van der Waals surface area contributed by atoms with Crippen LogP contribution in [-0.4, -0.2) is 49.5 Å². The number of ketones is 1. The van der Waals surface area contributed by atoms with Crippen LogP contribution >= 0.6 is 0 Å². The number of carbonyl (C=O) groups excluding carboxylic acids is 2. The van der Waals surface area contributed by atoms with E-state index >= 15 is 0 Å². The average molecular weight is 327 g/mol. The maximum absolute atomic E-state index is 12.8. The fraction of sp³-hybridized carbons (Fsp3) is 0.333. The van der Waals surface area contributed by atoms with Gasteiger partial charge in [0, 0.05) is 0 Å². The van der Waals surface area contributed by atoms with Gasteiger partial charge in [-0.15, -0.1) is 0 Å². The van der Waals surface area contributed by atoms with Gasteiger partial charge in [-0.05, 0) is 37.3 Å². The molecule has 2 aliphatic rings. The molecule has 0 aromatic heterocycles. The number of carbonyl (C=O) groups is 2. The van der Waals surface area contributed by atoms with E-state index < -0.39 is 33.1 Å². The number of fused-ring (bicyclic) bond motifs is 2. The predicted molar refractivity (Wildman–Crippen MR) is 75.5 cm³/mol. The van der Waals surface area contributed by atoms with Crippen LogP contribution in [0.3, 0.4) is 0 Å². The predicted octanol–water partition coefficient (Wildman–Crippen LogP) is -3.84. The minimum absolute atomic E-state index is 0. The summed E-state index contributed by atoms with van der Waals surface area (Å²) in [6.45, 7) is 0. The Morgan fingerprint density at radius 1 is 1.26 bits per heavy atom. The number of carboxylic acid groups (broad SMARTS) is 1. The van der Waals surface area contributed by atoms with Crippen molar-refractivity contribution in [2.45, 2.75) is 28.6 Å². The minimum atomic E-state index is -3.74. The van der Waals surface area contributed by atoms with Crippen molar-refractivity contribution in [3.8, 4) is 0 Å². The van der Waals surface area contributed by atoms with Crippen LogP contribution in [0.5, 0.6) is 0 Å². The molecular formula is C15H14LiNO5S. The van der Waals surface area contributed by atoms with Crippen molar-refractivity contribution >= 4 is 21.6 Å². The Bertz CT molecular complexity index is 774. The summed E-state index contributed by atoms with van der Waals surface area (Å²) in [7, 11) is -2.17. The maximum Gasteiger partial charge on any atom is 1.00 e. The van der Waals surface area contributed by atoms with Crippen LogP contribution in [0.2, 0.25) is 0 Å². The van der Waals surface area contributed by atoms with E-state index in [1.807, 2.05) is 0 Å². The molecule has 0 radical (unpaired) electrons. The Hall–Kier alpha value is -1.39. The number of aliphatic carboxylic acids is 1. The fourth-order valence-electron chi connectivity index (χ4n) is 3.30. The van der Waals surface area contributed by atoms with E-state index in [0.29, 0.717) is 0 Å². The molecule has 1 fully saturated rings. The average Bonchev–Trinajstić information content (AvgIpc) is 2.73. The summed E-state index contributed by atoms with van der Waals surface area (Å²) < 4.78 is 25.6. The molecule has 2 heterocycles. The number of nitrogens with zero attached hydrogens (tertiary/aromatic N) is 1. The summed E-state index contributed by atoms with van der Waals surface area (Å²) in [5.74, 6) is -1.89. The van der Waals surface area contributed by atoms with E-state index in [2.05, 4.69) is 0 Å². The van der Waals surface area contributed by atoms with Crippen LogP contribution in [-0.2, 0) is 19.4 Å². The quantitative estimate of drug-likeness (QED) is 0.528. The molecule has 0 spiro atoms. The van der Waals surface area contributed by atoms with Crippen molar-refractivity contribution in [3.63, 3.8) is 0 Å². The van der Waals surface area contributed by atoms with E-state index in [1.165, 1.54) is 17.0 Å². The van der Waals surface area contributed by atoms with Gasteiger partial charge in [0.1, 0.15) is 0 Å². The second kappa shape index (κ2) is 6.25. The van der Waals surface area contributed by atoms with E-state index in [1.54, 1.807) is 25.2 Å². The van der Waals surface area contributed by atoms with Gasteiger partial charge in [-0.1, -0.05) is 18.2 Å². The van der Waals surface area contributed by atoms with Gasteiger partial charge in [-0.25, -0.2) is 8.42 Å². The zero-order valence-electron chi connectivity index (χ0n) is 12.8. The number of carboxylic acids is 1. The zero-order chi connectivity index (χ0) is 16.1. The van der Waals surface area contributed by atoms with E-state index in [0.717, 1.165) is 6.08 Å². The van der Waals surface area contributed by atoms with Crippen molar-refractivity contribution in [1.82, 2.24) is 4.90 Å². The summed E-state index contributed by atoms with van der Waals surface area (Å²) in [6, 6.07) is 6.41. The normalized spacial score (nSPS) is 27.3. The molecule has 116 valence electrons. The molecule has 0 N–H and O–H groups in total. The summed E-state index contributed by atoms with van der Waals surface area (Å²) >= 11 is 0. The van der Waals surface area contributed by atoms with E-state index in [9.17, 15) is 23.1 Å². The van der Waals surface area contributed by atoms with Crippen LogP contribution in [0.1, 0.15) is 6.42 Å². The Kier molecular flexibility index (Phi) is 4.88. The van der Waals surface area contributed by atoms with Crippen molar-refractivity contribution in [3.05, 3.63) is 42.0 Å². The molecule has 1 aromatic rings. The van der Waals surface area contributed by atoms with Gasteiger partial charge in [0.05, 0.1) is 28.2 Å². The Labute approximate surface area is 146 Å². The fourth-order valence-corrected chi connectivity index (χ4v) is 5.30.